The van der Waals surface area contributed by atoms with Crippen LogP contribution in [-0.2, 0) is 14.3 Å². The van der Waals surface area contributed by atoms with Crippen molar-refractivity contribution in [2.24, 2.45) is 5.92 Å². The van der Waals surface area contributed by atoms with Crippen molar-refractivity contribution in [3.63, 3.8) is 0 Å². The van der Waals surface area contributed by atoms with Crippen molar-refractivity contribution in [3.8, 4) is 0 Å². The van der Waals surface area contributed by atoms with Crippen LogP contribution in [0, 0.1) is 5.92 Å². The number of alkyl carbamates (subject to hydrolysis) is 1. The first-order valence-corrected chi connectivity index (χ1v) is 13.9. The molecule has 0 heterocycles. The summed E-state index contributed by atoms with van der Waals surface area (Å²) in [6.07, 6.45) is 8.78. The molecule has 0 aromatic heterocycles. The normalized spacial score (nSPS) is 18.7. The number of carbonyl (C=O) groups excluding carboxylic acids is 3. The van der Waals surface area contributed by atoms with E-state index < -0.39 is 23.8 Å². The summed E-state index contributed by atoms with van der Waals surface area (Å²) in [5.74, 6) is -0.535. The maximum atomic E-state index is 14.2. The van der Waals surface area contributed by atoms with Crippen LogP contribution in [0.15, 0.2) is 30.8 Å². The Morgan fingerprint density at radius 3 is 2.38 bits per heavy atom. The molecule has 37 heavy (non-hydrogen) atoms. The first kappa shape index (κ1) is 28.7. The Kier molecular flexibility index (Phi) is 9.80. The molecule has 3 atom stereocenters. The molecular weight excluding hydrogens is 466 g/mol. The van der Waals surface area contributed by atoms with Gasteiger partial charge in [-0.15, -0.1) is 0 Å². The minimum Gasteiger partial charge on any atom is -0.444 e. The number of hydrogen-bond acceptors (Lipinski definition) is 4. The van der Waals surface area contributed by atoms with Crippen molar-refractivity contribution in [1.82, 2.24) is 15.5 Å². The number of hydrogen-bond donors (Lipinski definition) is 2. The second kappa shape index (κ2) is 12.6. The molecule has 2 aliphatic rings. The molecule has 3 unspecified atom stereocenters. The third-order valence-electron chi connectivity index (χ3n) is 7.29. The van der Waals surface area contributed by atoms with Gasteiger partial charge < -0.3 is 20.3 Å². The average molecular weight is 512 g/mol. The van der Waals surface area contributed by atoms with Gasteiger partial charge in [0.15, 0.2) is 0 Å². The first-order valence-electron chi connectivity index (χ1n) is 13.9. The third kappa shape index (κ3) is 8.08. The number of rotatable bonds is 10. The lowest BCUT2D eigenvalue weighted by atomic mass is 9.93. The summed E-state index contributed by atoms with van der Waals surface area (Å²) >= 11 is 0. The van der Waals surface area contributed by atoms with Crippen molar-refractivity contribution in [1.29, 1.82) is 0 Å². The minimum atomic E-state index is -0.798. The number of amides is 3. The summed E-state index contributed by atoms with van der Waals surface area (Å²) in [6.45, 7) is 13.2. The van der Waals surface area contributed by atoms with Crippen molar-refractivity contribution >= 4 is 24.0 Å². The van der Waals surface area contributed by atoms with Crippen LogP contribution in [0.3, 0.4) is 0 Å². The van der Waals surface area contributed by atoms with E-state index in [2.05, 4.69) is 17.2 Å². The van der Waals surface area contributed by atoms with Crippen molar-refractivity contribution in [3.05, 3.63) is 42.0 Å². The highest BCUT2D eigenvalue weighted by Crippen LogP contribution is 2.37. The fourth-order valence-corrected chi connectivity index (χ4v) is 4.97. The highest BCUT2D eigenvalue weighted by Gasteiger charge is 2.45. The number of carbonyl (C=O) groups is 3. The van der Waals surface area contributed by atoms with Gasteiger partial charge in [-0.2, -0.15) is 0 Å². The molecule has 0 radical (unpaired) electrons. The Bertz CT molecular complexity index is 960. The van der Waals surface area contributed by atoms with Gasteiger partial charge in [0.25, 0.3) is 0 Å². The lowest BCUT2D eigenvalue weighted by Gasteiger charge is -2.37. The second-order valence-electron chi connectivity index (χ2n) is 11.6. The van der Waals surface area contributed by atoms with Gasteiger partial charge in [-0.1, -0.05) is 70.4 Å². The van der Waals surface area contributed by atoms with E-state index in [1.807, 2.05) is 38.1 Å². The van der Waals surface area contributed by atoms with Crippen molar-refractivity contribution in [2.45, 2.75) is 116 Å². The zero-order valence-corrected chi connectivity index (χ0v) is 23.2. The first-order chi connectivity index (χ1) is 17.5. The summed E-state index contributed by atoms with van der Waals surface area (Å²) in [5.41, 5.74) is 0.962. The second-order valence-corrected chi connectivity index (χ2v) is 11.6. The van der Waals surface area contributed by atoms with Crippen LogP contribution < -0.4 is 10.6 Å². The molecule has 1 aromatic carbocycles. The molecule has 3 rings (SSSR count). The quantitative estimate of drug-likeness (QED) is 0.419. The molecular formula is C30H45N3O4. The standard InChI is InChI=1S/C30H45N3O4/c1-7-20(3)25(32-29(36)37-30(4,5)6)28(35)33(24-17-18-24)26(22-14-12-13-21(8-2)19-22)27(34)31-23-15-10-9-11-16-23/h8,12-14,19-20,23-26H,2,7,9-11,15-18H2,1,3-6H3,(H,31,34)(H,32,36). The molecule has 2 aliphatic carbocycles. The van der Waals surface area contributed by atoms with Gasteiger partial charge >= 0.3 is 6.09 Å². The van der Waals surface area contributed by atoms with Crippen LogP contribution in [0.4, 0.5) is 4.79 Å². The van der Waals surface area contributed by atoms with E-state index >= 15 is 0 Å². The molecule has 0 saturated heterocycles. The van der Waals surface area contributed by atoms with Crippen LogP contribution in [-0.4, -0.2) is 46.5 Å². The van der Waals surface area contributed by atoms with E-state index in [0.29, 0.717) is 6.42 Å². The Morgan fingerprint density at radius 2 is 1.81 bits per heavy atom. The minimum absolute atomic E-state index is 0.0472. The van der Waals surface area contributed by atoms with Gasteiger partial charge in [0.2, 0.25) is 11.8 Å². The SMILES string of the molecule is C=Cc1cccc(C(C(=O)NC2CCCCC2)N(C(=O)C(NC(=O)OC(C)(C)C)C(C)CC)C2CC2)c1. The Hall–Kier alpha value is -2.83. The van der Waals surface area contributed by atoms with Crippen LogP contribution in [0.1, 0.15) is 103 Å². The van der Waals surface area contributed by atoms with Crippen LogP contribution >= 0.6 is 0 Å². The van der Waals surface area contributed by atoms with Gasteiger partial charge in [0, 0.05) is 12.1 Å². The monoisotopic (exact) mass is 511 g/mol. The van der Waals surface area contributed by atoms with Gasteiger partial charge in [0.05, 0.1) is 0 Å². The van der Waals surface area contributed by atoms with Gasteiger partial charge in [-0.3, -0.25) is 9.59 Å². The molecule has 204 valence electrons. The maximum absolute atomic E-state index is 14.2. The topological polar surface area (TPSA) is 87.7 Å². The number of nitrogens with zero attached hydrogens (tertiary/aromatic N) is 1. The fraction of sp³-hybridized carbons (Fsp3) is 0.633. The van der Waals surface area contributed by atoms with Crippen LogP contribution in [0.5, 0.6) is 0 Å². The van der Waals surface area contributed by atoms with E-state index in [9.17, 15) is 14.4 Å². The Balaban J connectivity index is 1.97. The molecule has 3 amide bonds. The average Bonchev–Trinajstić information content (AvgIpc) is 3.69. The summed E-state index contributed by atoms with van der Waals surface area (Å²) in [6, 6.07) is 6.15. The predicted octanol–water partition coefficient (Wildman–Crippen LogP) is 5.75. The third-order valence-corrected chi connectivity index (χ3v) is 7.29. The largest absolute Gasteiger partial charge is 0.444 e. The zero-order chi connectivity index (χ0) is 27.2. The Labute approximate surface area is 222 Å². The highest BCUT2D eigenvalue weighted by molar-refractivity contribution is 5.93. The summed E-state index contributed by atoms with van der Waals surface area (Å²) < 4.78 is 5.48. The van der Waals surface area contributed by atoms with Crippen molar-refractivity contribution < 1.29 is 19.1 Å². The molecule has 0 spiro atoms. The van der Waals surface area contributed by atoms with E-state index in [1.54, 1.807) is 31.7 Å². The van der Waals surface area contributed by atoms with E-state index in [0.717, 1.165) is 49.7 Å². The molecule has 2 fully saturated rings. The zero-order valence-electron chi connectivity index (χ0n) is 23.2. The lowest BCUT2D eigenvalue weighted by molar-refractivity contribution is -0.144. The van der Waals surface area contributed by atoms with Gasteiger partial charge in [0.1, 0.15) is 17.7 Å². The number of benzene rings is 1. The van der Waals surface area contributed by atoms with E-state index in [4.69, 9.17) is 4.74 Å². The predicted molar refractivity (Wildman–Crippen MR) is 147 cm³/mol. The number of nitrogens with one attached hydrogen (secondary N) is 2. The Morgan fingerprint density at radius 1 is 1.14 bits per heavy atom. The molecule has 7 nitrogen and oxygen atoms in total. The molecule has 2 N–H and O–H groups in total. The number of ether oxygens (including phenoxy) is 1. The molecule has 0 bridgehead atoms. The fourth-order valence-electron chi connectivity index (χ4n) is 4.97. The summed E-state index contributed by atoms with van der Waals surface area (Å²) in [4.78, 5) is 42.6. The molecule has 2 saturated carbocycles. The van der Waals surface area contributed by atoms with Crippen LogP contribution in [0.25, 0.3) is 6.08 Å². The van der Waals surface area contributed by atoms with Gasteiger partial charge in [-0.05, 0) is 69.6 Å². The summed E-state index contributed by atoms with van der Waals surface area (Å²) in [5, 5.41) is 6.09. The van der Waals surface area contributed by atoms with E-state index in [-0.39, 0.29) is 29.8 Å². The lowest BCUT2D eigenvalue weighted by Crippen LogP contribution is -2.56. The summed E-state index contributed by atoms with van der Waals surface area (Å²) in [7, 11) is 0. The van der Waals surface area contributed by atoms with Gasteiger partial charge in [-0.25, -0.2) is 4.79 Å². The molecule has 1 aromatic rings. The smallest absolute Gasteiger partial charge is 0.408 e. The van der Waals surface area contributed by atoms with Crippen LogP contribution in [0.2, 0.25) is 0 Å². The van der Waals surface area contributed by atoms with E-state index in [1.165, 1.54) is 6.42 Å². The molecule has 0 aliphatic heterocycles. The van der Waals surface area contributed by atoms with Crippen molar-refractivity contribution in [2.75, 3.05) is 0 Å². The highest BCUT2D eigenvalue weighted by atomic mass is 16.6. The maximum Gasteiger partial charge on any atom is 0.408 e. The molecule has 7 heteroatoms.